The molecule has 2 aromatic rings. The van der Waals surface area contributed by atoms with Crippen LogP contribution in [-0.2, 0) is 8.85 Å². The Kier molecular flexibility index (Phi) is 7.30. The molecule has 0 fully saturated rings. The number of hydrogen-bond acceptors (Lipinski definition) is 2. The number of benzene rings is 2. The summed E-state index contributed by atoms with van der Waals surface area (Å²) in [5.41, 5.74) is 0. The number of rotatable bonds is 4. The van der Waals surface area contributed by atoms with E-state index in [1.165, 1.54) is 10.8 Å². The molecule has 0 heterocycles. The molecule has 2 nitrogen and oxygen atoms in total. The lowest BCUT2D eigenvalue weighted by molar-refractivity contribution is 0.240. The molecule has 0 radical (unpaired) electrons. The quantitative estimate of drug-likeness (QED) is 0.612. The highest BCUT2D eigenvalue weighted by Crippen LogP contribution is 2.11. The third-order valence-corrected chi connectivity index (χ3v) is 3.38. The van der Waals surface area contributed by atoms with Crippen LogP contribution < -0.4 is 0 Å². The maximum atomic E-state index is 4.99. The first-order chi connectivity index (χ1) is 8.38. The van der Waals surface area contributed by atoms with Crippen molar-refractivity contribution in [3.8, 4) is 0 Å². The average molecular weight is 248 g/mol. The molecule has 0 bridgehead atoms. The van der Waals surface area contributed by atoms with Crippen molar-refractivity contribution >= 4 is 20.8 Å². The minimum Gasteiger partial charge on any atom is -0.399 e. The smallest absolute Gasteiger partial charge is 0.304 e. The van der Waals surface area contributed by atoms with Gasteiger partial charge in [-0.25, -0.2) is 0 Å². The maximum Gasteiger partial charge on any atom is 0.304 e. The van der Waals surface area contributed by atoms with E-state index in [2.05, 4.69) is 48.5 Å². The molecule has 92 valence electrons. The van der Waals surface area contributed by atoms with E-state index in [-0.39, 0.29) is 0 Å². The summed E-state index contributed by atoms with van der Waals surface area (Å²) >= 11 is 0. The van der Waals surface area contributed by atoms with Crippen molar-refractivity contribution in [3.05, 3.63) is 48.5 Å². The fourth-order valence-electron chi connectivity index (χ4n) is 1.36. The first kappa shape index (κ1) is 13.9. The lowest BCUT2D eigenvalue weighted by Gasteiger charge is -1.96. The molecule has 17 heavy (non-hydrogen) atoms. The number of hydrogen-bond donors (Lipinski definition) is 0. The van der Waals surface area contributed by atoms with Gasteiger partial charge >= 0.3 is 10.0 Å². The Labute approximate surface area is 106 Å². The molecule has 2 aromatic carbocycles. The van der Waals surface area contributed by atoms with Gasteiger partial charge in [0.25, 0.3) is 0 Å². The Morgan fingerprint density at radius 3 is 1.41 bits per heavy atom. The van der Waals surface area contributed by atoms with Crippen molar-refractivity contribution < 1.29 is 8.85 Å². The summed E-state index contributed by atoms with van der Waals surface area (Å²) in [5.74, 6) is 0. The molecule has 0 aliphatic heterocycles. The van der Waals surface area contributed by atoms with Crippen LogP contribution in [0.25, 0.3) is 10.8 Å². The van der Waals surface area contributed by atoms with Crippen LogP contribution in [0.3, 0.4) is 0 Å². The third kappa shape index (κ3) is 5.63. The van der Waals surface area contributed by atoms with Crippen LogP contribution in [0, 0.1) is 0 Å². The summed E-state index contributed by atoms with van der Waals surface area (Å²) in [6, 6.07) is 16.7. The normalized spacial score (nSPS) is 9.76. The molecule has 0 unspecified atom stereocenters. The SMILES string of the molecule is CCO[SiH2]OCC.c1ccc2ccccc2c1. The van der Waals surface area contributed by atoms with Gasteiger partial charge in [0.05, 0.1) is 0 Å². The molecule has 3 heteroatoms. The highest BCUT2D eigenvalue weighted by atomic mass is 28.3. The van der Waals surface area contributed by atoms with Gasteiger partial charge in [-0.05, 0) is 24.6 Å². The molecule has 0 saturated heterocycles. The third-order valence-electron chi connectivity index (χ3n) is 2.23. The van der Waals surface area contributed by atoms with Crippen LogP contribution in [0.1, 0.15) is 13.8 Å². The van der Waals surface area contributed by atoms with Gasteiger partial charge in [-0.1, -0.05) is 48.5 Å². The molecular formula is C14H20O2Si. The lowest BCUT2D eigenvalue weighted by Crippen LogP contribution is -2.02. The van der Waals surface area contributed by atoms with E-state index in [9.17, 15) is 0 Å². The standard InChI is InChI=1S/C10H8.C4H12O2Si/c1-2-6-10-8-4-3-7-9(10)5-1;1-3-5-7-6-4-2/h1-8H;3-4,7H2,1-2H3. The monoisotopic (exact) mass is 248 g/mol. The van der Waals surface area contributed by atoms with Crippen molar-refractivity contribution in [1.29, 1.82) is 0 Å². The van der Waals surface area contributed by atoms with E-state index in [0.29, 0.717) is 0 Å². The van der Waals surface area contributed by atoms with E-state index in [0.717, 1.165) is 13.2 Å². The molecule has 0 aliphatic rings. The summed E-state index contributed by atoms with van der Waals surface area (Å²) in [5, 5.41) is 2.62. The minimum atomic E-state index is -0.589. The van der Waals surface area contributed by atoms with E-state index < -0.39 is 10.0 Å². The second-order valence-corrected chi connectivity index (χ2v) is 4.50. The van der Waals surface area contributed by atoms with Gasteiger partial charge in [-0.2, -0.15) is 0 Å². The second-order valence-electron chi connectivity index (χ2n) is 3.45. The van der Waals surface area contributed by atoms with Gasteiger partial charge in [-0.3, -0.25) is 0 Å². The Balaban J connectivity index is 0.000000185. The zero-order valence-corrected chi connectivity index (χ0v) is 12.0. The van der Waals surface area contributed by atoms with Crippen LogP contribution in [0.15, 0.2) is 48.5 Å². The topological polar surface area (TPSA) is 18.5 Å². The predicted molar refractivity (Wildman–Crippen MR) is 75.7 cm³/mol. The molecule has 0 aliphatic carbocycles. The zero-order valence-electron chi connectivity index (χ0n) is 10.6. The molecule has 2 rings (SSSR count). The molecule has 0 atom stereocenters. The Bertz CT molecular complexity index is 348. The largest absolute Gasteiger partial charge is 0.399 e. The highest BCUT2D eigenvalue weighted by Gasteiger charge is 1.85. The van der Waals surface area contributed by atoms with Crippen LogP contribution >= 0.6 is 0 Å². The fourth-order valence-corrected chi connectivity index (χ4v) is 1.81. The lowest BCUT2D eigenvalue weighted by atomic mass is 10.1. The van der Waals surface area contributed by atoms with Gasteiger partial charge in [0.2, 0.25) is 0 Å². The van der Waals surface area contributed by atoms with Gasteiger partial charge < -0.3 is 8.85 Å². The molecule has 0 N–H and O–H groups in total. The van der Waals surface area contributed by atoms with Crippen LogP contribution in [0.4, 0.5) is 0 Å². The Morgan fingerprint density at radius 2 is 1.12 bits per heavy atom. The summed E-state index contributed by atoms with van der Waals surface area (Å²) in [6.45, 7) is 5.55. The minimum absolute atomic E-state index is 0.589. The van der Waals surface area contributed by atoms with E-state index >= 15 is 0 Å². The van der Waals surface area contributed by atoms with Crippen molar-refractivity contribution in [2.75, 3.05) is 13.2 Å². The van der Waals surface area contributed by atoms with Gasteiger partial charge in [0.15, 0.2) is 0 Å². The Morgan fingerprint density at radius 1 is 0.765 bits per heavy atom. The molecular weight excluding hydrogens is 228 g/mol. The Hall–Kier alpha value is -1.16. The van der Waals surface area contributed by atoms with Crippen LogP contribution in [0.2, 0.25) is 0 Å². The second kappa shape index (κ2) is 8.93. The maximum absolute atomic E-state index is 4.99. The first-order valence-corrected chi connectivity index (χ1v) is 7.13. The predicted octanol–water partition coefficient (Wildman–Crippen LogP) is 2.90. The van der Waals surface area contributed by atoms with Gasteiger partial charge in [0.1, 0.15) is 0 Å². The van der Waals surface area contributed by atoms with E-state index in [1.807, 2.05) is 13.8 Å². The summed E-state index contributed by atoms with van der Waals surface area (Å²) in [6.07, 6.45) is 0. The van der Waals surface area contributed by atoms with Crippen LogP contribution in [0.5, 0.6) is 0 Å². The van der Waals surface area contributed by atoms with E-state index in [1.54, 1.807) is 0 Å². The van der Waals surface area contributed by atoms with Crippen molar-refractivity contribution in [2.24, 2.45) is 0 Å². The fraction of sp³-hybridized carbons (Fsp3) is 0.286. The first-order valence-electron chi connectivity index (χ1n) is 5.97. The summed E-state index contributed by atoms with van der Waals surface area (Å²) < 4.78 is 9.98. The van der Waals surface area contributed by atoms with Crippen molar-refractivity contribution in [1.82, 2.24) is 0 Å². The molecule has 0 spiro atoms. The van der Waals surface area contributed by atoms with Gasteiger partial charge in [0, 0.05) is 13.2 Å². The molecule has 0 aromatic heterocycles. The summed E-state index contributed by atoms with van der Waals surface area (Å²) in [7, 11) is -0.589. The van der Waals surface area contributed by atoms with Crippen molar-refractivity contribution in [2.45, 2.75) is 13.8 Å². The number of fused-ring (bicyclic) bond motifs is 1. The van der Waals surface area contributed by atoms with E-state index in [4.69, 9.17) is 8.85 Å². The van der Waals surface area contributed by atoms with Crippen LogP contribution in [-0.4, -0.2) is 23.2 Å². The summed E-state index contributed by atoms with van der Waals surface area (Å²) in [4.78, 5) is 0. The molecule has 0 amide bonds. The zero-order chi connectivity index (χ0) is 12.3. The van der Waals surface area contributed by atoms with Crippen molar-refractivity contribution in [3.63, 3.8) is 0 Å². The van der Waals surface area contributed by atoms with Gasteiger partial charge in [-0.15, -0.1) is 0 Å². The molecule has 0 saturated carbocycles. The highest BCUT2D eigenvalue weighted by molar-refractivity contribution is 6.17. The average Bonchev–Trinajstić information content (AvgIpc) is 2.40.